The maximum absolute atomic E-state index is 7.66. The second kappa shape index (κ2) is 8.31. The normalized spacial score (nSPS) is 13.2. The van der Waals surface area contributed by atoms with Crippen LogP contribution in [0.25, 0.3) is 10.9 Å². The molecular formula is C20H23ClN6. The van der Waals surface area contributed by atoms with E-state index < -0.39 is 0 Å². The van der Waals surface area contributed by atoms with E-state index in [0.717, 1.165) is 22.9 Å². The van der Waals surface area contributed by atoms with Crippen LogP contribution in [-0.2, 0) is 0 Å². The summed E-state index contributed by atoms with van der Waals surface area (Å²) in [7, 11) is 0. The Labute approximate surface area is 163 Å². The van der Waals surface area contributed by atoms with Crippen molar-refractivity contribution < 1.29 is 0 Å². The van der Waals surface area contributed by atoms with Crippen LogP contribution in [0.5, 0.6) is 0 Å². The molecule has 0 aliphatic carbocycles. The van der Waals surface area contributed by atoms with Crippen LogP contribution < -0.4 is 10.6 Å². The number of hydrogen-bond donors (Lipinski definition) is 3. The number of pyridine rings is 1. The van der Waals surface area contributed by atoms with Gasteiger partial charge in [-0.2, -0.15) is 4.98 Å². The van der Waals surface area contributed by atoms with E-state index in [1.54, 1.807) is 0 Å². The van der Waals surface area contributed by atoms with Crippen molar-refractivity contribution in [3.63, 3.8) is 0 Å². The molecule has 2 atom stereocenters. The van der Waals surface area contributed by atoms with E-state index in [-0.39, 0.29) is 17.4 Å². The minimum absolute atomic E-state index is 0.0517. The zero-order valence-corrected chi connectivity index (χ0v) is 16.4. The van der Waals surface area contributed by atoms with Crippen LogP contribution in [0.4, 0.5) is 11.5 Å². The molecule has 0 saturated carbocycles. The Morgan fingerprint density at radius 3 is 2.70 bits per heavy atom. The number of aromatic nitrogens is 3. The van der Waals surface area contributed by atoms with Crippen LogP contribution in [0.15, 0.2) is 36.5 Å². The Balaban J connectivity index is 1.94. The zero-order chi connectivity index (χ0) is 19.4. The van der Waals surface area contributed by atoms with Gasteiger partial charge in [0.05, 0.1) is 11.6 Å². The molecule has 0 amide bonds. The predicted molar refractivity (Wildman–Crippen MR) is 112 cm³/mol. The standard InChI is InChI=1S/C20H23ClN6/c1-4-12(2)24-18-17(10-22)26-20(21)27-19(18)25-13(3)15-9-14-7-5-6-8-16(14)23-11-15/h5-13,22,24H,4H2,1-3H3,(H,25,26,27)/t12?,13-/m1/s1. The highest BCUT2D eigenvalue weighted by Gasteiger charge is 2.17. The molecule has 3 aromatic rings. The summed E-state index contributed by atoms with van der Waals surface area (Å²) in [4.78, 5) is 13.0. The van der Waals surface area contributed by atoms with E-state index in [0.29, 0.717) is 17.2 Å². The number of rotatable bonds is 7. The van der Waals surface area contributed by atoms with E-state index in [9.17, 15) is 0 Å². The van der Waals surface area contributed by atoms with Crippen LogP contribution in [0.3, 0.4) is 0 Å². The molecule has 0 saturated heterocycles. The Hall–Kier alpha value is -2.73. The monoisotopic (exact) mass is 382 g/mol. The third-order valence-corrected chi connectivity index (χ3v) is 4.68. The van der Waals surface area contributed by atoms with Crippen molar-refractivity contribution in [2.45, 2.75) is 39.3 Å². The summed E-state index contributed by atoms with van der Waals surface area (Å²) >= 11 is 6.07. The zero-order valence-electron chi connectivity index (χ0n) is 15.6. The maximum atomic E-state index is 7.66. The molecular weight excluding hydrogens is 360 g/mol. The van der Waals surface area contributed by atoms with Crippen LogP contribution >= 0.6 is 11.6 Å². The summed E-state index contributed by atoms with van der Waals surface area (Å²) in [5.41, 5.74) is 3.14. The molecule has 140 valence electrons. The summed E-state index contributed by atoms with van der Waals surface area (Å²) in [5.74, 6) is 0.578. The number of benzene rings is 1. The van der Waals surface area contributed by atoms with Crippen molar-refractivity contribution in [2.75, 3.05) is 10.6 Å². The minimum Gasteiger partial charge on any atom is -0.378 e. The molecule has 0 spiro atoms. The molecule has 1 unspecified atom stereocenters. The second-order valence-corrected chi connectivity index (χ2v) is 6.86. The van der Waals surface area contributed by atoms with Gasteiger partial charge < -0.3 is 16.0 Å². The summed E-state index contributed by atoms with van der Waals surface area (Å²) in [6.45, 7) is 6.21. The van der Waals surface area contributed by atoms with Crippen LogP contribution in [0.1, 0.15) is 44.5 Å². The first kappa shape index (κ1) is 19.0. The lowest BCUT2D eigenvalue weighted by Crippen LogP contribution is -2.19. The molecule has 27 heavy (non-hydrogen) atoms. The topological polar surface area (TPSA) is 86.6 Å². The molecule has 0 aliphatic heterocycles. The number of nitrogens with zero attached hydrogens (tertiary/aromatic N) is 3. The molecule has 1 aromatic carbocycles. The quantitative estimate of drug-likeness (QED) is 0.392. The summed E-state index contributed by atoms with van der Waals surface area (Å²) < 4.78 is 0. The van der Waals surface area contributed by atoms with Crippen LogP contribution in [-0.4, -0.2) is 27.2 Å². The van der Waals surface area contributed by atoms with Gasteiger partial charge in [0.2, 0.25) is 5.28 Å². The molecule has 6 nitrogen and oxygen atoms in total. The highest BCUT2D eigenvalue weighted by Crippen LogP contribution is 2.29. The highest BCUT2D eigenvalue weighted by molar-refractivity contribution is 6.28. The fourth-order valence-electron chi connectivity index (χ4n) is 2.76. The number of nitrogens with one attached hydrogen (secondary N) is 3. The van der Waals surface area contributed by atoms with E-state index in [1.807, 2.05) is 37.4 Å². The summed E-state index contributed by atoms with van der Waals surface area (Å²) in [6, 6.07) is 10.3. The van der Waals surface area contributed by atoms with Gasteiger partial charge >= 0.3 is 0 Å². The van der Waals surface area contributed by atoms with Crippen molar-refractivity contribution in [1.82, 2.24) is 15.0 Å². The number of anilines is 2. The molecule has 0 radical (unpaired) electrons. The molecule has 3 N–H and O–H groups in total. The second-order valence-electron chi connectivity index (χ2n) is 6.53. The molecule has 2 heterocycles. The third kappa shape index (κ3) is 4.34. The number of fused-ring (bicyclic) bond motifs is 1. The van der Waals surface area contributed by atoms with E-state index in [4.69, 9.17) is 17.0 Å². The molecule has 0 fully saturated rings. The number of halogens is 1. The van der Waals surface area contributed by atoms with Gasteiger partial charge in [-0.1, -0.05) is 25.1 Å². The number of hydrogen-bond acceptors (Lipinski definition) is 6. The van der Waals surface area contributed by atoms with Gasteiger partial charge in [-0.15, -0.1) is 0 Å². The van der Waals surface area contributed by atoms with Gasteiger partial charge in [0.1, 0.15) is 11.4 Å². The molecule has 3 rings (SSSR count). The van der Waals surface area contributed by atoms with Gasteiger partial charge in [-0.25, -0.2) is 4.98 Å². The summed E-state index contributed by atoms with van der Waals surface area (Å²) in [6.07, 6.45) is 3.98. The SMILES string of the molecule is CCC(C)Nc1c(C=N)nc(Cl)nc1N[C@H](C)c1cnc2ccccc2c1. The Morgan fingerprint density at radius 2 is 1.96 bits per heavy atom. The minimum atomic E-state index is -0.0517. The largest absolute Gasteiger partial charge is 0.378 e. The lowest BCUT2D eigenvalue weighted by molar-refractivity contribution is 0.760. The van der Waals surface area contributed by atoms with Crippen molar-refractivity contribution in [1.29, 1.82) is 5.41 Å². The Bertz CT molecular complexity index is 958. The average Bonchev–Trinajstić information content (AvgIpc) is 2.68. The van der Waals surface area contributed by atoms with Gasteiger partial charge in [-0.3, -0.25) is 4.98 Å². The maximum Gasteiger partial charge on any atom is 0.225 e. The lowest BCUT2D eigenvalue weighted by Gasteiger charge is -2.21. The van der Waals surface area contributed by atoms with E-state index in [1.165, 1.54) is 6.21 Å². The highest BCUT2D eigenvalue weighted by atomic mass is 35.5. The molecule has 2 aromatic heterocycles. The average molecular weight is 383 g/mol. The Morgan fingerprint density at radius 1 is 1.19 bits per heavy atom. The third-order valence-electron chi connectivity index (χ3n) is 4.51. The van der Waals surface area contributed by atoms with Crippen molar-refractivity contribution in [3.05, 3.63) is 53.1 Å². The van der Waals surface area contributed by atoms with Crippen LogP contribution in [0.2, 0.25) is 5.28 Å². The van der Waals surface area contributed by atoms with E-state index >= 15 is 0 Å². The first-order chi connectivity index (χ1) is 13.0. The summed E-state index contributed by atoms with van der Waals surface area (Å²) in [5, 5.41) is 15.6. The first-order valence-electron chi connectivity index (χ1n) is 8.97. The van der Waals surface area contributed by atoms with Gasteiger partial charge in [0.15, 0.2) is 5.82 Å². The fourth-order valence-corrected chi connectivity index (χ4v) is 2.94. The predicted octanol–water partition coefficient (Wildman–Crippen LogP) is 5.06. The smallest absolute Gasteiger partial charge is 0.225 e. The number of para-hydroxylation sites is 1. The molecule has 0 aliphatic rings. The first-order valence-corrected chi connectivity index (χ1v) is 9.35. The van der Waals surface area contributed by atoms with Crippen molar-refractivity contribution in [3.8, 4) is 0 Å². The van der Waals surface area contributed by atoms with Crippen molar-refractivity contribution in [2.24, 2.45) is 0 Å². The Kier molecular flexibility index (Phi) is 5.86. The lowest BCUT2D eigenvalue weighted by atomic mass is 10.1. The van der Waals surface area contributed by atoms with Gasteiger partial charge in [0, 0.05) is 23.8 Å². The van der Waals surface area contributed by atoms with Gasteiger partial charge in [-0.05, 0) is 49.6 Å². The molecule has 0 bridgehead atoms. The van der Waals surface area contributed by atoms with E-state index in [2.05, 4.69) is 45.5 Å². The van der Waals surface area contributed by atoms with Crippen molar-refractivity contribution >= 4 is 40.2 Å². The van der Waals surface area contributed by atoms with Crippen LogP contribution in [0, 0.1) is 5.41 Å². The molecule has 7 heteroatoms. The fraction of sp³-hybridized carbons (Fsp3) is 0.300. The van der Waals surface area contributed by atoms with Gasteiger partial charge in [0.25, 0.3) is 0 Å².